The number of benzene rings is 1. The number of nitrogens with one attached hydrogen (secondary N) is 2. The molecule has 38 heavy (non-hydrogen) atoms. The van der Waals surface area contributed by atoms with Crippen molar-refractivity contribution in [1.82, 2.24) is 19.9 Å². The largest absolute Gasteiger partial charge is 0.326 e. The lowest BCUT2D eigenvalue weighted by atomic mass is 9.85. The zero-order chi connectivity index (χ0) is 26.7. The second kappa shape index (κ2) is 13.5. The summed E-state index contributed by atoms with van der Waals surface area (Å²) in [5.41, 5.74) is 5.87. The average Bonchev–Trinajstić information content (AvgIpc) is 3.45. The zero-order valence-electron chi connectivity index (χ0n) is 21.8. The van der Waals surface area contributed by atoms with Crippen LogP contribution in [0.2, 0.25) is 0 Å². The van der Waals surface area contributed by atoms with Crippen LogP contribution in [0.15, 0.2) is 55.0 Å². The molecule has 1 amide bonds. The molecule has 0 unspecified atom stereocenters. The molecule has 5 rings (SSSR count). The monoisotopic (exact) mass is 510 g/mol. The molecule has 8 nitrogen and oxygen atoms in total. The smallest absolute Gasteiger partial charge is 0.291 e. The highest BCUT2D eigenvalue weighted by molar-refractivity contribution is 6.03. The summed E-state index contributed by atoms with van der Waals surface area (Å²) in [6.45, 7) is 2.25. The van der Waals surface area contributed by atoms with Crippen LogP contribution >= 0.6 is 0 Å². The number of pyridine rings is 1. The van der Waals surface area contributed by atoms with Gasteiger partial charge in [0.15, 0.2) is 5.82 Å². The Morgan fingerprint density at radius 3 is 2.74 bits per heavy atom. The number of nitrogens with zero attached hydrogens (tertiary/aromatic N) is 4. The summed E-state index contributed by atoms with van der Waals surface area (Å²) in [6, 6.07) is 12.1. The van der Waals surface area contributed by atoms with Crippen molar-refractivity contribution in [2.45, 2.75) is 50.9 Å². The lowest BCUT2D eigenvalue weighted by Crippen LogP contribution is -2.29. The van der Waals surface area contributed by atoms with Crippen LogP contribution in [-0.2, 0) is 11.2 Å². The first-order valence-electron chi connectivity index (χ1n) is 13.2. The summed E-state index contributed by atoms with van der Waals surface area (Å²) in [4.78, 5) is 35.6. The van der Waals surface area contributed by atoms with Gasteiger partial charge >= 0.3 is 0 Å². The standard InChI is InChI=1S/C23H27N5O.C7H7NO/c1-28-11-9-16(10-12-28)18-7-8-21(20(13-18)17-5-3-2-4-6-17)27-23(29)22-25-15-19(14-24)26-22;9-5-3-7-2-1-4-8-6-7/h5,7-8,13,15-16H,2-4,6,9-12H2,1H3,(H,25,26)(H,27,29);1-2,4-6H,3H2. The Labute approximate surface area is 223 Å². The fourth-order valence-electron chi connectivity index (χ4n) is 4.91. The van der Waals surface area contributed by atoms with Crippen molar-refractivity contribution in [3.63, 3.8) is 0 Å². The number of rotatable bonds is 6. The van der Waals surface area contributed by atoms with E-state index in [0.29, 0.717) is 12.3 Å². The van der Waals surface area contributed by atoms with Crippen molar-refractivity contribution in [3.8, 4) is 6.07 Å². The Morgan fingerprint density at radius 2 is 2.08 bits per heavy atom. The Bertz CT molecular complexity index is 1300. The molecule has 3 aromatic rings. The third-order valence-electron chi connectivity index (χ3n) is 7.07. The van der Waals surface area contributed by atoms with Crippen LogP contribution < -0.4 is 5.32 Å². The summed E-state index contributed by atoms with van der Waals surface area (Å²) >= 11 is 0. The van der Waals surface area contributed by atoms with Crippen molar-refractivity contribution >= 4 is 23.5 Å². The van der Waals surface area contributed by atoms with E-state index >= 15 is 0 Å². The van der Waals surface area contributed by atoms with Crippen LogP contribution in [0.1, 0.15) is 77.4 Å². The summed E-state index contributed by atoms with van der Waals surface area (Å²) in [5.74, 6) is 0.405. The van der Waals surface area contributed by atoms with Gasteiger partial charge in [0.25, 0.3) is 5.91 Å². The number of carbonyl (C=O) groups excluding carboxylic acids is 2. The van der Waals surface area contributed by atoms with Gasteiger partial charge in [-0.2, -0.15) is 5.26 Å². The number of carbonyl (C=O) groups is 2. The zero-order valence-corrected chi connectivity index (χ0v) is 21.8. The molecule has 0 atom stereocenters. The number of nitriles is 1. The van der Waals surface area contributed by atoms with Gasteiger partial charge in [-0.05, 0) is 99.5 Å². The molecule has 0 radical (unpaired) electrons. The maximum Gasteiger partial charge on any atom is 0.291 e. The summed E-state index contributed by atoms with van der Waals surface area (Å²) in [6.07, 6.45) is 15.3. The highest BCUT2D eigenvalue weighted by atomic mass is 16.2. The molecule has 0 spiro atoms. The van der Waals surface area contributed by atoms with E-state index in [4.69, 9.17) is 5.26 Å². The second-order valence-corrected chi connectivity index (χ2v) is 9.80. The Hall–Kier alpha value is -4.09. The minimum atomic E-state index is -0.323. The quantitative estimate of drug-likeness (QED) is 0.445. The van der Waals surface area contributed by atoms with Crippen molar-refractivity contribution in [2.75, 3.05) is 25.5 Å². The number of allylic oxidation sites excluding steroid dienone is 2. The average molecular weight is 511 g/mol. The third kappa shape index (κ3) is 7.24. The minimum absolute atomic E-state index is 0.157. The Kier molecular flexibility index (Phi) is 9.54. The van der Waals surface area contributed by atoms with Gasteiger partial charge in [-0.3, -0.25) is 9.78 Å². The van der Waals surface area contributed by atoms with Crippen LogP contribution in [0.4, 0.5) is 5.69 Å². The molecule has 2 aromatic heterocycles. The number of hydrogen-bond donors (Lipinski definition) is 2. The number of piperidine rings is 1. The first-order chi connectivity index (χ1) is 18.6. The van der Waals surface area contributed by atoms with E-state index in [1.54, 1.807) is 12.4 Å². The summed E-state index contributed by atoms with van der Waals surface area (Å²) in [7, 11) is 2.18. The number of aromatic nitrogens is 3. The SMILES string of the molecule is CN1CCC(c2ccc(NC(=O)c3ncc(C#N)[nH]3)c(C3=CCCCC3)c2)CC1.O=CCc1cccnc1. The number of likely N-dealkylation sites (tertiary alicyclic amines) is 1. The van der Waals surface area contributed by atoms with Crippen molar-refractivity contribution in [3.05, 3.63) is 83.2 Å². The van der Waals surface area contributed by atoms with E-state index in [0.717, 1.165) is 49.0 Å². The normalized spacial score (nSPS) is 15.9. The van der Waals surface area contributed by atoms with Crippen LogP contribution in [-0.4, -0.2) is 52.2 Å². The molecule has 1 fully saturated rings. The molecule has 1 aliphatic carbocycles. The number of aldehydes is 1. The molecule has 2 aliphatic rings. The minimum Gasteiger partial charge on any atom is -0.326 e. The van der Waals surface area contributed by atoms with E-state index in [9.17, 15) is 9.59 Å². The van der Waals surface area contributed by atoms with E-state index < -0.39 is 0 Å². The molecular formula is C30H34N6O2. The van der Waals surface area contributed by atoms with Crippen LogP contribution in [0.5, 0.6) is 0 Å². The van der Waals surface area contributed by atoms with Gasteiger partial charge in [-0.15, -0.1) is 0 Å². The molecular weight excluding hydrogens is 476 g/mol. The Balaban J connectivity index is 0.000000317. The summed E-state index contributed by atoms with van der Waals surface area (Å²) in [5, 5.41) is 12.0. The molecule has 196 valence electrons. The predicted octanol–water partition coefficient (Wildman–Crippen LogP) is 5.12. The third-order valence-corrected chi connectivity index (χ3v) is 7.07. The maximum absolute atomic E-state index is 12.7. The van der Waals surface area contributed by atoms with E-state index in [1.807, 2.05) is 24.3 Å². The number of aromatic amines is 1. The highest BCUT2D eigenvalue weighted by Gasteiger charge is 2.21. The van der Waals surface area contributed by atoms with E-state index in [1.165, 1.54) is 43.0 Å². The van der Waals surface area contributed by atoms with E-state index in [-0.39, 0.29) is 17.4 Å². The number of amides is 1. The molecule has 1 aromatic carbocycles. The first kappa shape index (κ1) is 27.0. The molecule has 2 N–H and O–H groups in total. The van der Waals surface area contributed by atoms with Gasteiger partial charge in [-0.1, -0.05) is 18.2 Å². The molecule has 0 saturated carbocycles. The number of H-pyrrole nitrogens is 1. The highest BCUT2D eigenvalue weighted by Crippen LogP contribution is 2.36. The fourth-order valence-corrected chi connectivity index (χ4v) is 4.91. The van der Waals surface area contributed by atoms with Gasteiger partial charge < -0.3 is 20.0 Å². The predicted molar refractivity (Wildman–Crippen MR) is 148 cm³/mol. The maximum atomic E-state index is 12.7. The van der Waals surface area contributed by atoms with Gasteiger partial charge in [0.1, 0.15) is 18.0 Å². The number of imidazole rings is 1. The number of anilines is 1. The van der Waals surface area contributed by atoms with Gasteiger partial charge in [0, 0.05) is 30.1 Å². The molecule has 1 saturated heterocycles. The van der Waals surface area contributed by atoms with Crippen LogP contribution in [0.25, 0.3) is 5.57 Å². The second-order valence-electron chi connectivity index (χ2n) is 9.80. The number of hydrogen-bond acceptors (Lipinski definition) is 6. The van der Waals surface area contributed by atoms with Gasteiger partial charge in [0.05, 0.1) is 6.20 Å². The molecule has 3 heterocycles. The lowest BCUT2D eigenvalue weighted by Gasteiger charge is -2.30. The first-order valence-corrected chi connectivity index (χ1v) is 13.2. The Morgan fingerprint density at radius 1 is 1.24 bits per heavy atom. The topological polar surface area (TPSA) is 115 Å². The molecule has 1 aliphatic heterocycles. The lowest BCUT2D eigenvalue weighted by molar-refractivity contribution is -0.107. The van der Waals surface area contributed by atoms with E-state index in [2.05, 4.69) is 50.4 Å². The van der Waals surface area contributed by atoms with Crippen molar-refractivity contribution < 1.29 is 9.59 Å². The fraction of sp³-hybridized carbons (Fsp3) is 0.367. The van der Waals surface area contributed by atoms with Gasteiger partial charge in [0.2, 0.25) is 0 Å². The van der Waals surface area contributed by atoms with Crippen molar-refractivity contribution in [2.24, 2.45) is 0 Å². The molecule has 8 heteroatoms. The molecule has 0 bridgehead atoms. The summed E-state index contributed by atoms with van der Waals surface area (Å²) < 4.78 is 0. The van der Waals surface area contributed by atoms with Crippen molar-refractivity contribution in [1.29, 1.82) is 5.26 Å². The van der Waals surface area contributed by atoms with Gasteiger partial charge in [-0.25, -0.2) is 4.98 Å². The van der Waals surface area contributed by atoms with Crippen LogP contribution in [0.3, 0.4) is 0 Å². The van der Waals surface area contributed by atoms with Crippen LogP contribution in [0, 0.1) is 11.3 Å².